The minimum atomic E-state index is -0.177. The van der Waals surface area contributed by atoms with Crippen LogP contribution in [0.5, 0.6) is 0 Å². The first-order valence-corrected chi connectivity index (χ1v) is 11.8. The number of carbonyl (C=O) groups is 1. The highest BCUT2D eigenvalue weighted by molar-refractivity contribution is 7.99. The van der Waals surface area contributed by atoms with E-state index in [-0.39, 0.29) is 17.7 Å². The van der Waals surface area contributed by atoms with Crippen molar-refractivity contribution in [2.45, 2.75) is 32.0 Å². The maximum atomic E-state index is 12.8. The monoisotopic (exact) mass is 449 g/mol. The summed E-state index contributed by atoms with van der Waals surface area (Å²) in [6.07, 6.45) is 0. The first-order valence-electron chi connectivity index (χ1n) is 9.90. The molecule has 6 nitrogen and oxygen atoms in total. The Morgan fingerprint density at radius 3 is 2.65 bits per heavy atom. The third-order valence-corrected chi connectivity index (χ3v) is 6.98. The number of aromatic nitrogens is 4. The highest BCUT2D eigenvalue weighted by Gasteiger charge is 2.19. The lowest BCUT2D eigenvalue weighted by Gasteiger charge is -2.18. The summed E-state index contributed by atoms with van der Waals surface area (Å²) in [7, 11) is 0. The summed E-state index contributed by atoms with van der Waals surface area (Å²) in [6.45, 7) is 6.15. The van der Waals surface area contributed by atoms with Crippen molar-refractivity contribution in [3.05, 3.63) is 87.1 Å². The van der Waals surface area contributed by atoms with Gasteiger partial charge in [-0.1, -0.05) is 59.8 Å². The molecule has 0 spiro atoms. The molecule has 4 aromatic rings. The van der Waals surface area contributed by atoms with Crippen LogP contribution in [0.4, 0.5) is 0 Å². The third kappa shape index (κ3) is 4.86. The summed E-state index contributed by atoms with van der Waals surface area (Å²) in [4.78, 5) is 13.9. The Kier molecular flexibility index (Phi) is 6.48. The summed E-state index contributed by atoms with van der Waals surface area (Å²) >= 11 is 2.96. The predicted molar refractivity (Wildman–Crippen MR) is 125 cm³/mol. The maximum absolute atomic E-state index is 12.8. The van der Waals surface area contributed by atoms with E-state index >= 15 is 0 Å². The molecule has 0 bridgehead atoms. The van der Waals surface area contributed by atoms with Gasteiger partial charge < -0.3 is 5.32 Å². The molecule has 2 aromatic carbocycles. The average Bonchev–Trinajstić information content (AvgIpc) is 3.45. The SMILES string of the molecule is Cc1ccc(C(NC(=O)CSc2nnnn2-c2cccc(C)c2C)c2cccs2)cc1. The lowest BCUT2D eigenvalue weighted by atomic mass is 10.0. The van der Waals surface area contributed by atoms with Gasteiger partial charge in [0.25, 0.3) is 0 Å². The Morgan fingerprint density at radius 1 is 1.10 bits per heavy atom. The zero-order valence-electron chi connectivity index (χ0n) is 17.6. The molecule has 2 aromatic heterocycles. The molecule has 4 rings (SSSR count). The van der Waals surface area contributed by atoms with Crippen LogP contribution in [0.2, 0.25) is 0 Å². The van der Waals surface area contributed by atoms with Gasteiger partial charge in [0.1, 0.15) is 0 Å². The normalized spacial score (nSPS) is 12.0. The van der Waals surface area contributed by atoms with Crippen LogP contribution in [0.3, 0.4) is 0 Å². The molecule has 8 heteroatoms. The number of nitrogens with zero attached hydrogens (tertiary/aromatic N) is 4. The van der Waals surface area contributed by atoms with Crippen LogP contribution in [0.15, 0.2) is 65.1 Å². The zero-order valence-corrected chi connectivity index (χ0v) is 19.2. The van der Waals surface area contributed by atoms with E-state index in [2.05, 4.69) is 65.0 Å². The maximum Gasteiger partial charge on any atom is 0.231 e. The molecule has 2 heterocycles. The van der Waals surface area contributed by atoms with Gasteiger partial charge in [0.05, 0.1) is 17.5 Å². The summed E-state index contributed by atoms with van der Waals surface area (Å²) in [5.41, 5.74) is 5.45. The minimum absolute atomic E-state index is 0.0699. The summed E-state index contributed by atoms with van der Waals surface area (Å²) in [5.74, 6) is 0.151. The summed E-state index contributed by atoms with van der Waals surface area (Å²) < 4.78 is 1.69. The van der Waals surface area contributed by atoms with Crippen LogP contribution in [0.1, 0.15) is 33.2 Å². The van der Waals surface area contributed by atoms with Crippen molar-refractivity contribution in [2.24, 2.45) is 0 Å². The largest absolute Gasteiger partial charge is 0.344 e. The molecule has 0 saturated carbocycles. The molecule has 0 saturated heterocycles. The van der Waals surface area contributed by atoms with Crippen molar-refractivity contribution < 1.29 is 4.79 Å². The summed E-state index contributed by atoms with van der Waals surface area (Å²) in [5, 5.41) is 17.8. The predicted octanol–water partition coefficient (Wildman–Crippen LogP) is 4.65. The molecule has 1 atom stereocenters. The molecule has 0 radical (unpaired) electrons. The molecule has 0 fully saturated rings. The van der Waals surface area contributed by atoms with Crippen molar-refractivity contribution in [2.75, 3.05) is 5.75 Å². The zero-order chi connectivity index (χ0) is 21.8. The fourth-order valence-electron chi connectivity index (χ4n) is 3.25. The van der Waals surface area contributed by atoms with E-state index in [4.69, 9.17) is 0 Å². The molecule has 0 aliphatic heterocycles. The van der Waals surface area contributed by atoms with Gasteiger partial charge in [-0.05, 0) is 65.4 Å². The van der Waals surface area contributed by atoms with Crippen molar-refractivity contribution in [3.63, 3.8) is 0 Å². The second-order valence-electron chi connectivity index (χ2n) is 7.31. The van der Waals surface area contributed by atoms with E-state index in [1.54, 1.807) is 16.0 Å². The number of amides is 1. The fourth-order valence-corrected chi connectivity index (χ4v) is 4.75. The van der Waals surface area contributed by atoms with Gasteiger partial charge in [-0.3, -0.25) is 4.79 Å². The van der Waals surface area contributed by atoms with Gasteiger partial charge in [0.15, 0.2) is 0 Å². The number of rotatable bonds is 7. The van der Waals surface area contributed by atoms with Crippen molar-refractivity contribution in [1.29, 1.82) is 0 Å². The highest BCUT2D eigenvalue weighted by atomic mass is 32.2. The minimum Gasteiger partial charge on any atom is -0.344 e. The molecular formula is C23H23N5OS2. The summed E-state index contributed by atoms with van der Waals surface area (Å²) in [6, 6.07) is 18.1. The van der Waals surface area contributed by atoms with E-state index in [9.17, 15) is 4.79 Å². The Hall–Kier alpha value is -2.97. The second kappa shape index (κ2) is 9.45. The van der Waals surface area contributed by atoms with Crippen LogP contribution in [0.25, 0.3) is 5.69 Å². The van der Waals surface area contributed by atoms with E-state index in [1.807, 2.05) is 36.6 Å². The number of aryl methyl sites for hydroxylation is 2. The molecule has 31 heavy (non-hydrogen) atoms. The lowest BCUT2D eigenvalue weighted by Crippen LogP contribution is -2.30. The molecule has 158 valence electrons. The first kappa shape index (κ1) is 21.3. The third-order valence-electron chi connectivity index (χ3n) is 5.12. The molecule has 0 aliphatic rings. The standard InChI is InChI=1S/C23H23N5OS2/c1-15-9-11-18(12-10-15)22(20-8-5-13-30-20)24-21(29)14-31-23-25-26-27-28(23)19-7-4-6-16(2)17(19)3/h4-13,22H,14H2,1-3H3,(H,24,29). The van der Waals surface area contributed by atoms with E-state index < -0.39 is 0 Å². The van der Waals surface area contributed by atoms with Crippen LogP contribution in [-0.4, -0.2) is 31.9 Å². The number of thiophene rings is 1. The van der Waals surface area contributed by atoms with Crippen LogP contribution in [-0.2, 0) is 4.79 Å². The smallest absolute Gasteiger partial charge is 0.231 e. The Labute approximate surface area is 189 Å². The number of thioether (sulfide) groups is 1. The number of nitrogens with one attached hydrogen (secondary N) is 1. The van der Waals surface area contributed by atoms with E-state index in [1.165, 1.54) is 22.9 Å². The lowest BCUT2D eigenvalue weighted by molar-refractivity contribution is -0.119. The first-order chi connectivity index (χ1) is 15.0. The van der Waals surface area contributed by atoms with Crippen molar-refractivity contribution >= 4 is 29.0 Å². The Bertz CT molecular complexity index is 1170. The van der Waals surface area contributed by atoms with Gasteiger partial charge in [-0.25, -0.2) is 0 Å². The van der Waals surface area contributed by atoms with E-state index in [0.29, 0.717) is 5.16 Å². The molecule has 1 unspecified atom stereocenters. The highest BCUT2D eigenvalue weighted by Crippen LogP contribution is 2.27. The topological polar surface area (TPSA) is 72.7 Å². The Balaban J connectivity index is 1.48. The van der Waals surface area contributed by atoms with Crippen molar-refractivity contribution in [3.8, 4) is 5.69 Å². The second-order valence-corrected chi connectivity index (χ2v) is 9.23. The Morgan fingerprint density at radius 2 is 1.90 bits per heavy atom. The number of benzene rings is 2. The van der Waals surface area contributed by atoms with Crippen molar-refractivity contribution in [1.82, 2.24) is 25.5 Å². The number of carbonyl (C=O) groups excluding carboxylic acids is 1. The fraction of sp³-hybridized carbons (Fsp3) is 0.217. The molecule has 1 amide bonds. The number of hydrogen-bond donors (Lipinski definition) is 1. The number of tetrazole rings is 1. The van der Waals surface area contributed by atoms with E-state index in [0.717, 1.165) is 21.7 Å². The molecule has 1 N–H and O–H groups in total. The van der Waals surface area contributed by atoms with Gasteiger partial charge >= 0.3 is 0 Å². The number of hydrogen-bond acceptors (Lipinski definition) is 6. The van der Waals surface area contributed by atoms with Gasteiger partial charge in [-0.2, -0.15) is 4.68 Å². The quantitative estimate of drug-likeness (QED) is 0.416. The van der Waals surface area contributed by atoms with Gasteiger partial charge in [0, 0.05) is 4.88 Å². The average molecular weight is 450 g/mol. The van der Waals surface area contributed by atoms with Crippen LogP contribution < -0.4 is 5.32 Å². The van der Waals surface area contributed by atoms with Gasteiger partial charge in [0.2, 0.25) is 11.1 Å². The van der Waals surface area contributed by atoms with Crippen LogP contribution >= 0.6 is 23.1 Å². The molecular weight excluding hydrogens is 426 g/mol. The molecule has 0 aliphatic carbocycles. The van der Waals surface area contributed by atoms with Gasteiger partial charge in [-0.15, -0.1) is 16.4 Å². The van der Waals surface area contributed by atoms with Crippen LogP contribution in [0, 0.1) is 20.8 Å².